The van der Waals surface area contributed by atoms with Crippen molar-refractivity contribution in [1.29, 1.82) is 0 Å². The van der Waals surface area contributed by atoms with Crippen molar-refractivity contribution in [3.63, 3.8) is 0 Å². The maximum atomic E-state index is 12.8. The number of pyridine rings is 1. The molecule has 0 aromatic carbocycles. The summed E-state index contributed by atoms with van der Waals surface area (Å²) in [6.45, 7) is 5.68. The number of hydrogen-bond acceptors (Lipinski definition) is 5. The first-order chi connectivity index (χ1) is 13.0. The molecule has 1 aromatic rings. The molecule has 10 heteroatoms. The predicted molar refractivity (Wildman–Crippen MR) is 93.0 cm³/mol. The number of rotatable bonds is 3. The number of ether oxygens (including phenoxy) is 1. The second-order valence-electron chi connectivity index (χ2n) is 9.01. The van der Waals surface area contributed by atoms with Gasteiger partial charge in [0.15, 0.2) is 0 Å². The van der Waals surface area contributed by atoms with Gasteiger partial charge >= 0.3 is 6.18 Å². The van der Waals surface area contributed by atoms with Crippen molar-refractivity contribution in [2.45, 2.75) is 36.9 Å². The second-order valence-corrected chi connectivity index (χ2v) is 10.9. The molecule has 0 amide bonds. The number of alkyl halides is 3. The van der Waals surface area contributed by atoms with E-state index in [4.69, 9.17) is 4.74 Å². The number of halogens is 3. The van der Waals surface area contributed by atoms with E-state index in [1.807, 2.05) is 0 Å². The van der Waals surface area contributed by atoms with Gasteiger partial charge in [-0.1, -0.05) is 0 Å². The Balaban J connectivity index is 1.20. The largest absolute Gasteiger partial charge is 0.433 e. The van der Waals surface area contributed by atoms with E-state index in [2.05, 4.69) is 9.88 Å². The molecule has 0 N–H and O–H groups in total. The topological polar surface area (TPSA) is 62.7 Å². The minimum atomic E-state index is -4.59. The van der Waals surface area contributed by atoms with Gasteiger partial charge in [-0.3, -0.25) is 4.90 Å². The first-order valence-corrected chi connectivity index (χ1v) is 10.8. The summed E-state index contributed by atoms with van der Waals surface area (Å²) in [6.07, 6.45) is -2.25. The zero-order valence-electron chi connectivity index (χ0n) is 15.5. The Bertz CT molecular complexity index is 908. The van der Waals surface area contributed by atoms with Crippen molar-refractivity contribution in [3.05, 3.63) is 23.5 Å². The summed E-state index contributed by atoms with van der Waals surface area (Å²) < 4.78 is 70.6. The van der Waals surface area contributed by atoms with Crippen LogP contribution in [0.1, 0.15) is 24.2 Å². The normalized spacial score (nSPS) is 27.1. The van der Waals surface area contributed by atoms with Crippen molar-refractivity contribution >= 4 is 10.0 Å². The summed E-state index contributed by atoms with van der Waals surface area (Å²) in [5, 5.41) is 0. The van der Waals surface area contributed by atoms with E-state index in [0.717, 1.165) is 38.4 Å². The summed E-state index contributed by atoms with van der Waals surface area (Å²) in [6, 6.07) is 2.34. The molecular weight excluding hydrogens is 395 g/mol. The number of hydrogen-bond donors (Lipinski definition) is 0. The lowest BCUT2D eigenvalue weighted by Crippen LogP contribution is -2.76. The van der Waals surface area contributed by atoms with Crippen LogP contribution < -0.4 is 0 Å². The van der Waals surface area contributed by atoms with E-state index >= 15 is 0 Å². The molecular formula is C18H22F3N3O3S. The smallest absolute Gasteiger partial charge is 0.380 e. The molecule has 4 heterocycles. The van der Waals surface area contributed by atoms with E-state index in [9.17, 15) is 21.6 Å². The molecule has 4 fully saturated rings. The Morgan fingerprint density at radius 2 is 1.75 bits per heavy atom. The standard InChI is InChI=1S/C18H22F3N3O3S/c1-12-14(2-3-15(22-12)18(19,20)21)28(25,26)24-8-17(9-24)6-23(7-17)13-4-16(5-13)10-27-11-16/h2-3,13H,4-11H2,1H3. The molecule has 154 valence electrons. The number of aromatic nitrogens is 1. The lowest BCUT2D eigenvalue weighted by atomic mass is 9.61. The number of likely N-dealkylation sites (tertiary alicyclic amines) is 1. The Morgan fingerprint density at radius 3 is 2.25 bits per heavy atom. The average Bonchev–Trinajstić information content (AvgIpc) is 2.42. The number of sulfonamides is 1. The van der Waals surface area contributed by atoms with Crippen molar-refractivity contribution in [3.8, 4) is 0 Å². The fraction of sp³-hybridized carbons (Fsp3) is 0.722. The number of aryl methyl sites for hydroxylation is 1. The monoisotopic (exact) mass is 417 g/mol. The molecule has 3 saturated heterocycles. The van der Waals surface area contributed by atoms with Gasteiger partial charge in [-0.2, -0.15) is 17.5 Å². The molecule has 1 aliphatic carbocycles. The summed E-state index contributed by atoms with van der Waals surface area (Å²) in [7, 11) is -3.82. The van der Waals surface area contributed by atoms with E-state index < -0.39 is 21.9 Å². The van der Waals surface area contributed by atoms with Gasteiger partial charge in [0.05, 0.1) is 18.9 Å². The number of nitrogens with zero attached hydrogens (tertiary/aromatic N) is 3. The summed E-state index contributed by atoms with van der Waals surface area (Å²) in [4.78, 5) is 5.74. The summed E-state index contributed by atoms with van der Waals surface area (Å²) >= 11 is 0. The van der Waals surface area contributed by atoms with Crippen molar-refractivity contribution in [2.24, 2.45) is 10.8 Å². The predicted octanol–water partition coefficient (Wildman–Crippen LogP) is 1.89. The third-order valence-corrected chi connectivity index (χ3v) is 8.64. The molecule has 28 heavy (non-hydrogen) atoms. The first-order valence-electron chi connectivity index (χ1n) is 9.39. The van der Waals surface area contributed by atoms with Gasteiger partial charge in [0, 0.05) is 43.1 Å². The van der Waals surface area contributed by atoms with E-state index in [0.29, 0.717) is 24.5 Å². The third kappa shape index (κ3) is 2.72. The van der Waals surface area contributed by atoms with Gasteiger partial charge < -0.3 is 4.74 Å². The van der Waals surface area contributed by atoms with Crippen LogP contribution in [0.15, 0.2) is 17.0 Å². The average molecular weight is 417 g/mol. The molecule has 1 saturated carbocycles. The van der Waals surface area contributed by atoms with Crippen LogP contribution in [0.4, 0.5) is 13.2 Å². The minimum absolute atomic E-state index is 0.000813. The molecule has 2 spiro atoms. The highest BCUT2D eigenvalue weighted by Gasteiger charge is 2.60. The molecule has 1 aromatic heterocycles. The maximum Gasteiger partial charge on any atom is 0.433 e. The van der Waals surface area contributed by atoms with Crippen LogP contribution in [0.3, 0.4) is 0 Å². The van der Waals surface area contributed by atoms with Crippen molar-refractivity contribution in [1.82, 2.24) is 14.2 Å². The Morgan fingerprint density at radius 1 is 1.11 bits per heavy atom. The second kappa shape index (κ2) is 5.68. The van der Waals surface area contributed by atoms with Crippen molar-refractivity contribution < 1.29 is 26.3 Å². The molecule has 3 aliphatic heterocycles. The fourth-order valence-electron chi connectivity index (χ4n) is 5.09. The minimum Gasteiger partial charge on any atom is -0.380 e. The lowest BCUT2D eigenvalue weighted by molar-refractivity contribution is -0.211. The molecule has 0 atom stereocenters. The molecule has 5 rings (SSSR count). The zero-order chi connectivity index (χ0) is 19.9. The van der Waals surface area contributed by atoms with Gasteiger partial charge in [-0.15, -0.1) is 0 Å². The zero-order valence-corrected chi connectivity index (χ0v) is 16.3. The molecule has 6 nitrogen and oxygen atoms in total. The van der Waals surface area contributed by atoms with Crippen LogP contribution in [0.5, 0.6) is 0 Å². The van der Waals surface area contributed by atoms with Crippen LogP contribution in [0.25, 0.3) is 0 Å². The molecule has 0 bridgehead atoms. The van der Waals surface area contributed by atoms with Crippen LogP contribution in [-0.4, -0.2) is 68.0 Å². The first kappa shape index (κ1) is 18.8. The van der Waals surface area contributed by atoms with Gasteiger partial charge in [0.1, 0.15) is 10.6 Å². The van der Waals surface area contributed by atoms with Gasteiger partial charge in [-0.25, -0.2) is 13.4 Å². The quantitative estimate of drug-likeness (QED) is 0.752. The van der Waals surface area contributed by atoms with Crippen LogP contribution in [-0.2, 0) is 20.9 Å². The fourth-order valence-corrected chi connectivity index (χ4v) is 6.91. The van der Waals surface area contributed by atoms with Crippen LogP contribution >= 0.6 is 0 Å². The van der Waals surface area contributed by atoms with Crippen LogP contribution in [0.2, 0.25) is 0 Å². The highest BCUT2D eigenvalue weighted by atomic mass is 32.2. The molecule has 0 radical (unpaired) electrons. The van der Waals surface area contributed by atoms with Crippen LogP contribution in [0, 0.1) is 17.8 Å². The molecule has 4 aliphatic rings. The highest BCUT2D eigenvalue weighted by Crippen LogP contribution is 2.53. The van der Waals surface area contributed by atoms with Gasteiger partial charge in [-0.05, 0) is 31.9 Å². The van der Waals surface area contributed by atoms with Gasteiger partial charge in [0.2, 0.25) is 10.0 Å². The van der Waals surface area contributed by atoms with Crippen molar-refractivity contribution in [2.75, 3.05) is 39.4 Å². The molecule has 0 unspecified atom stereocenters. The van der Waals surface area contributed by atoms with E-state index in [1.54, 1.807) is 0 Å². The van der Waals surface area contributed by atoms with Gasteiger partial charge in [0.25, 0.3) is 0 Å². The maximum absolute atomic E-state index is 12.8. The summed E-state index contributed by atoms with van der Waals surface area (Å²) in [5.74, 6) is 0. The lowest BCUT2D eigenvalue weighted by Gasteiger charge is -2.65. The highest BCUT2D eigenvalue weighted by molar-refractivity contribution is 7.89. The third-order valence-electron chi connectivity index (χ3n) is 6.72. The Kier molecular flexibility index (Phi) is 3.81. The summed E-state index contributed by atoms with van der Waals surface area (Å²) in [5.41, 5.74) is -0.781. The SMILES string of the molecule is Cc1nc(C(F)(F)F)ccc1S(=O)(=O)N1CC2(CN(C3CC4(COC4)C3)C2)C1. The van der Waals surface area contributed by atoms with E-state index in [-0.39, 0.29) is 16.0 Å². The Hall–Kier alpha value is -1.23. The van der Waals surface area contributed by atoms with E-state index in [1.165, 1.54) is 24.1 Å². The Labute approximate surface area is 161 Å².